The summed E-state index contributed by atoms with van der Waals surface area (Å²) in [5, 5.41) is 2.64. The lowest BCUT2D eigenvalue weighted by Gasteiger charge is -2.40. The zero-order valence-electron chi connectivity index (χ0n) is 16.4. The number of nitrogens with one attached hydrogen (secondary N) is 1. The summed E-state index contributed by atoms with van der Waals surface area (Å²) >= 11 is 0. The van der Waals surface area contributed by atoms with Crippen molar-refractivity contribution in [1.29, 1.82) is 0 Å². The number of hydrogen-bond donors (Lipinski definition) is 2. The van der Waals surface area contributed by atoms with E-state index < -0.39 is 11.8 Å². The lowest BCUT2D eigenvalue weighted by atomic mass is 10.1. The number of amides is 3. The van der Waals surface area contributed by atoms with Gasteiger partial charge < -0.3 is 20.9 Å². The van der Waals surface area contributed by atoms with E-state index in [0.717, 1.165) is 31.2 Å². The highest BCUT2D eigenvalue weighted by Gasteiger charge is 2.48. The summed E-state index contributed by atoms with van der Waals surface area (Å²) in [6.07, 6.45) is 5.48. The summed E-state index contributed by atoms with van der Waals surface area (Å²) in [5.41, 5.74) is 7.09. The van der Waals surface area contributed by atoms with Gasteiger partial charge in [0.25, 0.3) is 0 Å². The average molecular weight is 385 g/mol. The number of hydrogen-bond acceptors (Lipinski definition) is 5. The predicted molar refractivity (Wildman–Crippen MR) is 104 cm³/mol. The van der Waals surface area contributed by atoms with E-state index in [1.165, 1.54) is 11.1 Å². The highest BCUT2D eigenvalue weighted by Crippen LogP contribution is 2.47. The molecule has 3 fully saturated rings. The van der Waals surface area contributed by atoms with Crippen molar-refractivity contribution in [2.24, 2.45) is 5.41 Å². The SMILES string of the molecule is CC1CN(C(=O)C(=O)Nc2cnc(N)c(C3CC3)c2)CCN1C(=O)C1(C)CC1. The molecule has 28 heavy (non-hydrogen) atoms. The minimum absolute atomic E-state index is 0.102. The zero-order valence-corrected chi connectivity index (χ0v) is 16.4. The number of piperazine rings is 1. The molecule has 2 saturated carbocycles. The Bertz CT molecular complexity index is 831. The molecule has 1 atom stereocenters. The average Bonchev–Trinajstić information content (AvgIpc) is 3.59. The molecule has 3 aliphatic rings. The van der Waals surface area contributed by atoms with Gasteiger partial charge in [-0.3, -0.25) is 14.4 Å². The Kier molecular flexibility index (Phi) is 4.51. The second-order valence-electron chi connectivity index (χ2n) is 8.59. The quantitative estimate of drug-likeness (QED) is 0.763. The molecule has 8 heteroatoms. The monoisotopic (exact) mass is 385 g/mol. The topological polar surface area (TPSA) is 109 Å². The first-order valence-electron chi connectivity index (χ1n) is 9.95. The van der Waals surface area contributed by atoms with E-state index >= 15 is 0 Å². The molecule has 4 rings (SSSR count). The van der Waals surface area contributed by atoms with Crippen molar-refractivity contribution < 1.29 is 14.4 Å². The summed E-state index contributed by atoms with van der Waals surface area (Å²) in [7, 11) is 0. The standard InChI is InChI=1S/C20H27N5O3/c1-12-11-24(7-8-25(12)19(28)20(2)5-6-20)18(27)17(26)23-14-9-15(13-3-4-13)16(21)22-10-14/h9-10,12-13H,3-8,11H2,1-2H3,(H2,21,22)(H,23,26). The van der Waals surface area contributed by atoms with Gasteiger partial charge in [0.1, 0.15) is 5.82 Å². The Morgan fingerprint density at radius 1 is 1.25 bits per heavy atom. The highest BCUT2D eigenvalue weighted by molar-refractivity contribution is 6.39. The maximum absolute atomic E-state index is 12.6. The molecule has 8 nitrogen and oxygen atoms in total. The van der Waals surface area contributed by atoms with Gasteiger partial charge >= 0.3 is 11.8 Å². The lowest BCUT2D eigenvalue weighted by molar-refractivity contribution is -0.149. The Morgan fingerprint density at radius 3 is 2.57 bits per heavy atom. The fourth-order valence-electron chi connectivity index (χ4n) is 3.80. The van der Waals surface area contributed by atoms with Gasteiger partial charge in [0, 0.05) is 31.1 Å². The second kappa shape index (κ2) is 6.76. The lowest BCUT2D eigenvalue weighted by Crippen LogP contribution is -2.58. The maximum Gasteiger partial charge on any atom is 0.313 e. The molecule has 1 aliphatic heterocycles. The number of aromatic nitrogens is 1. The first kappa shape index (κ1) is 18.7. The maximum atomic E-state index is 12.6. The van der Waals surface area contributed by atoms with Crippen LogP contribution >= 0.6 is 0 Å². The van der Waals surface area contributed by atoms with Crippen molar-refractivity contribution in [1.82, 2.24) is 14.8 Å². The number of pyridine rings is 1. The van der Waals surface area contributed by atoms with Crippen LogP contribution < -0.4 is 11.1 Å². The number of nitrogens with zero attached hydrogens (tertiary/aromatic N) is 3. The third-order valence-corrected chi connectivity index (χ3v) is 6.11. The molecule has 1 unspecified atom stereocenters. The molecule has 2 heterocycles. The molecule has 0 bridgehead atoms. The molecule has 3 amide bonds. The zero-order chi connectivity index (χ0) is 20.1. The molecule has 3 N–H and O–H groups in total. The first-order valence-corrected chi connectivity index (χ1v) is 9.95. The van der Waals surface area contributed by atoms with Gasteiger partial charge in [0.2, 0.25) is 5.91 Å². The van der Waals surface area contributed by atoms with Crippen LogP contribution in [-0.2, 0) is 14.4 Å². The molecule has 2 aliphatic carbocycles. The van der Waals surface area contributed by atoms with Crippen LogP contribution in [0.2, 0.25) is 0 Å². The van der Waals surface area contributed by atoms with Gasteiger partial charge in [-0.15, -0.1) is 0 Å². The summed E-state index contributed by atoms with van der Waals surface area (Å²) in [5.74, 6) is -0.224. The number of rotatable bonds is 3. The third kappa shape index (κ3) is 3.55. The Hall–Kier alpha value is -2.64. The van der Waals surface area contributed by atoms with Gasteiger partial charge in [0.15, 0.2) is 0 Å². The van der Waals surface area contributed by atoms with Crippen LogP contribution in [0.15, 0.2) is 12.3 Å². The molecule has 1 saturated heterocycles. The third-order valence-electron chi connectivity index (χ3n) is 6.11. The summed E-state index contributed by atoms with van der Waals surface area (Å²) in [6.45, 7) is 5.10. The number of anilines is 2. The van der Waals surface area contributed by atoms with Gasteiger partial charge in [-0.05, 0) is 50.2 Å². The van der Waals surface area contributed by atoms with Crippen molar-refractivity contribution in [3.05, 3.63) is 17.8 Å². The van der Waals surface area contributed by atoms with Crippen LogP contribution in [0, 0.1) is 5.41 Å². The second-order valence-corrected chi connectivity index (χ2v) is 8.59. The van der Waals surface area contributed by atoms with Gasteiger partial charge in [-0.1, -0.05) is 6.92 Å². The van der Waals surface area contributed by atoms with Crippen molar-refractivity contribution in [3.63, 3.8) is 0 Å². The van der Waals surface area contributed by atoms with E-state index in [2.05, 4.69) is 10.3 Å². The number of carbonyl (C=O) groups is 3. The van der Waals surface area contributed by atoms with Crippen LogP contribution in [0.4, 0.5) is 11.5 Å². The molecule has 0 aromatic carbocycles. The van der Waals surface area contributed by atoms with Crippen LogP contribution in [0.5, 0.6) is 0 Å². The number of nitrogen functional groups attached to an aromatic ring is 1. The minimum atomic E-state index is -0.686. The van der Waals surface area contributed by atoms with Crippen LogP contribution in [0.25, 0.3) is 0 Å². The molecule has 150 valence electrons. The summed E-state index contributed by atoms with van der Waals surface area (Å²) < 4.78 is 0. The minimum Gasteiger partial charge on any atom is -0.383 e. The van der Waals surface area contributed by atoms with Crippen molar-refractivity contribution in [3.8, 4) is 0 Å². The van der Waals surface area contributed by atoms with E-state index in [1.807, 2.05) is 18.7 Å². The molecule has 0 radical (unpaired) electrons. The predicted octanol–water partition coefficient (Wildman–Crippen LogP) is 1.34. The van der Waals surface area contributed by atoms with Gasteiger partial charge in [0.05, 0.1) is 11.9 Å². The first-order chi connectivity index (χ1) is 13.3. The van der Waals surface area contributed by atoms with Crippen LogP contribution in [0.1, 0.15) is 51.0 Å². The van der Waals surface area contributed by atoms with E-state index in [-0.39, 0.29) is 17.4 Å². The Morgan fingerprint density at radius 2 is 1.96 bits per heavy atom. The highest BCUT2D eigenvalue weighted by atomic mass is 16.2. The number of carbonyl (C=O) groups excluding carboxylic acids is 3. The van der Waals surface area contributed by atoms with Crippen LogP contribution in [-0.4, -0.2) is 58.2 Å². The summed E-state index contributed by atoms with van der Waals surface area (Å²) in [4.78, 5) is 45.1. The van der Waals surface area contributed by atoms with Crippen molar-refractivity contribution >= 4 is 29.2 Å². The van der Waals surface area contributed by atoms with Gasteiger partial charge in [-0.2, -0.15) is 0 Å². The summed E-state index contributed by atoms with van der Waals surface area (Å²) in [6, 6.07) is 1.70. The molecule has 1 aromatic rings. The Balaban J connectivity index is 1.36. The van der Waals surface area contributed by atoms with E-state index in [1.54, 1.807) is 6.07 Å². The Labute approximate surface area is 164 Å². The normalized spacial score (nSPS) is 23.3. The molecule has 1 aromatic heterocycles. The van der Waals surface area contributed by atoms with E-state index in [4.69, 9.17) is 5.73 Å². The molecular weight excluding hydrogens is 358 g/mol. The fourth-order valence-corrected chi connectivity index (χ4v) is 3.80. The van der Waals surface area contributed by atoms with Crippen molar-refractivity contribution in [2.75, 3.05) is 30.7 Å². The van der Waals surface area contributed by atoms with E-state index in [0.29, 0.717) is 37.1 Å². The molecule has 0 spiro atoms. The number of nitrogens with two attached hydrogens (primary N) is 1. The largest absolute Gasteiger partial charge is 0.383 e. The fraction of sp³-hybridized carbons (Fsp3) is 0.600. The van der Waals surface area contributed by atoms with E-state index in [9.17, 15) is 14.4 Å². The van der Waals surface area contributed by atoms with Crippen molar-refractivity contribution in [2.45, 2.75) is 51.5 Å². The molecular formula is C20H27N5O3. The van der Waals surface area contributed by atoms with Crippen LogP contribution in [0.3, 0.4) is 0 Å². The smallest absolute Gasteiger partial charge is 0.313 e. The van der Waals surface area contributed by atoms with Gasteiger partial charge in [-0.25, -0.2) is 4.98 Å².